The molecule has 4 nitrogen and oxygen atoms in total. The minimum Gasteiger partial charge on any atom is -0.349 e. The van der Waals surface area contributed by atoms with Gasteiger partial charge in [-0.2, -0.15) is 0 Å². The number of rotatable bonds is 2. The highest BCUT2D eigenvalue weighted by molar-refractivity contribution is 6.23. The van der Waals surface area contributed by atoms with Crippen LogP contribution in [0.2, 0.25) is 0 Å². The van der Waals surface area contributed by atoms with Crippen LogP contribution in [0.3, 0.4) is 0 Å². The van der Waals surface area contributed by atoms with Gasteiger partial charge in [0.15, 0.2) is 5.78 Å². The fourth-order valence-electron chi connectivity index (χ4n) is 2.13. The van der Waals surface area contributed by atoms with Crippen LogP contribution >= 0.6 is 0 Å². The zero-order chi connectivity index (χ0) is 15.1. The Balaban J connectivity index is 2.06. The number of halogens is 2. The molecule has 2 aromatic rings. The molecule has 0 atom stereocenters. The van der Waals surface area contributed by atoms with E-state index in [1.54, 1.807) is 0 Å². The van der Waals surface area contributed by atoms with Crippen molar-refractivity contribution >= 4 is 17.3 Å². The predicted molar refractivity (Wildman–Crippen MR) is 68.4 cm³/mol. The Morgan fingerprint density at radius 1 is 0.905 bits per heavy atom. The monoisotopic (exact) mass is 287 g/mol. The zero-order valence-corrected chi connectivity index (χ0v) is 10.4. The molecular formula is C15H7F2NO3. The van der Waals surface area contributed by atoms with Crippen molar-refractivity contribution in [1.29, 1.82) is 0 Å². The zero-order valence-electron chi connectivity index (χ0n) is 10.4. The maximum absolute atomic E-state index is 13.1. The van der Waals surface area contributed by atoms with Crippen LogP contribution in [0.4, 0.5) is 8.78 Å². The fraction of sp³-hybridized carbons (Fsp3) is 0. The van der Waals surface area contributed by atoms with E-state index in [1.165, 1.54) is 6.07 Å². The van der Waals surface area contributed by atoms with Crippen LogP contribution in [-0.4, -0.2) is 22.3 Å². The van der Waals surface area contributed by atoms with Gasteiger partial charge in [-0.3, -0.25) is 14.4 Å². The van der Waals surface area contributed by atoms with E-state index in [0.29, 0.717) is 6.07 Å². The maximum Gasteiger partial charge on any atom is 0.209 e. The lowest BCUT2D eigenvalue weighted by Gasteiger charge is -2.01. The van der Waals surface area contributed by atoms with Crippen molar-refractivity contribution in [2.24, 2.45) is 0 Å². The number of H-pyrrole nitrogens is 1. The Hall–Kier alpha value is -2.89. The molecule has 0 saturated heterocycles. The van der Waals surface area contributed by atoms with E-state index >= 15 is 0 Å². The van der Waals surface area contributed by atoms with Crippen LogP contribution in [0.1, 0.15) is 36.9 Å². The molecule has 0 spiro atoms. The molecule has 1 heterocycles. The highest BCUT2D eigenvalue weighted by Gasteiger charge is 2.24. The number of hydrogen-bond donors (Lipinski definition) is 1. The lowest BCUT2D eigenvalue weighted by atomic mass is 10.0. The van der Waals surface area contributed by atoms with Crippen molar-refractivity contribution in [2.45, 2.75) is 0 Å². The topological polar surface area (TPSA) is 67.0 Å². The largest absolute Gasteiger partial charge is 0.349 e. The molecule has 1 aromatic carbocycles. The van der Waals surface area contributed by atoms with Crippen LogP contribution in [-0.2, 0) is 0 Å². The molecule has 0 aliphatic heterocycles. The molecule has 21 heavy (non-hydrogen) atoms. The third-order valence-electron chi connectivity index (χ3n) is 3.08. The van der Waals surface area contributed by atoms with Gasteiger partial charge in [0, 0.05) is 11.6 Å². The van der Waals surface area contributed by atoms with Gasteiger partial charge >= 0.3 is 0 Å². The SMILES string of the molecule is O=C(c1cc(F)cc(F)c1)c1cc2c([nH]1)C(=O)C=CC2=O. The molecule has 3 rings (SSSR count). The van der Waals surface area contributed by atoms with E-state index in [1.807, 2.05) is 0 Å². The number of carbonyl (C=O) groups is 3. The van der Waals surface area contributed by atoms with Crippen molar-refractivity contribution in [3.8, 4) is 0 Å². The van der Waals surface area contributed by atoms with Crippen molar-refractivity contribution in [1.82, 2.24) is 4.98 Å². The number of hydrogen-bond acceptors (Lipinski definition) is 3. The first-order chi connectivity index (χ1) is 9.95. The van der Waals surface area contributed by atoms with Crippen LogP contribution in [0.5, 0.6) is 0 Å². The molecule has 1 aliphatic rings. The van der Waals surface area contributed by atoms with Gasteiger partial charge in [0.2, 0.25) is 11.6 Å². The van der Waals surface area contributed by atoms with Crippen LogP contribution in [0.25, 0.3) is 0 Å². The van der Waals surface area contributed by atoms with Crippen molar-refractivity contribution in [2.75, 3.05) is 0 Å². The van der Waals surface area contributed by atoms with Gasteiger partial charge in [0.05, 0.1) is 17.0 Å². The molecule has 104 valence electrons. The lowest BCUT2D eigenvalue weighted by Crippen LogP contribution is -2.09. The number of ketones is 3. The van der Waals surface area contributed by atoms with Crippen LogP contribution in [0.15, 0.2) is 36.4 Å². The number of fused-ring (bicyclic) bond motifs is 1. The summed E-state index contributed by atoms with van der Waals surface area (Å²) >= 11 is 0. The summed E-state index contributed by atoms with van der Waals surface area (Å²) in [5.74, 6) is -3.32. The Bertz CT molecular complexity index is 778. The number of aromatic nitrogens is 1. The first-order valence-electron chi connectivity index (χ1n) is 5.96. The minimum atomic E-state index is -0.886. The summed E-state index contributed by atoms with van der Waals surface area (Å²) in [5.41, 5.74) is -0.209. The summed E-state index contributed by atoms with van der Waals surface area (Å²) in [6.07, 6.45) is 2.20. The number of carbonyl (C=O) groups excluding carboxylic acids is 3. The third kappa shape index (κ3) is 2.20. The Morgan fingerprint density at radius 2 is 1.52 bits per heavy atom. The smallest absolute Gasteiger partial charge is 0.209 e. The molecule has 1 aromatic heterocycles. The summed E-state index contributed by atoms with van der Waals surface area (Å²) in [7, 11) is 0. The van der Waals surface area contributed by atoms with Gasteiger partial charge in [-0.05, 0) is 30.4 Å². The molecule has 6 heteroatoms. The molecule has 0 amide bonds. The summed E-state index contributed by atoms with van der Waals surface area (Å²) < 4.78 is 26.3. The molecule has 0 radical (unpaired) electrons. The quantitative estimate of drug-likeness (QED) is 0.863. The molecule has 1 aliphatic carbocycles. The van der Waals surface area contributed by atoms with Gasteiger partial charge in [-0.15, -0.1) is 0 Å². The molecular weight excluding hydrogens is 280 g/mol. The number of benzene rings is 1. The second kappa shape index (κ2) is 4.59. The normalized spacial score (nSPS) is 13.4. The van der Waals surface area contributed by atoms with Crippen LogP contribution in [0, 0.1) is 11.6 Å². The van der Waals surface area contributed by atoms with Crippen LogP contribution < -0.4 is 0 Å². The van der Waals surface area contributed by atoms with E-state index in [9.17, 15) is 23.2 Å². The van der Waals surface area contributed by atoms with E-state index in [4.69, 9.17) is 0 Å². The highest BCUT2D eigenvalue weighted by Crippen LogP contribution is 2.20. The Morgan fingerprint density at radius 3 is 2.14 bits per heavy atom. The summed E-state index contributed by atoms with van der Waals surface area (Å²) in [5, 5.41) is 0. The second-order valence-electron chi connectivity index (χ2n) is 4.52. The standard InChI is InChI=1S/C15H7F2NO3/c16-8-3-7(4-9(17)5-8)15(21)11-6-10-12(19)1-2-13(20)14(10)18-11/h1-6,18H. The van der Waals surface area contributed by atoms with Gasteiger partial charge in [0.25, 0.3) is 0 Å². The summed E-state index contributed by atoms with van der Waals surface area (Å²) in [6.45, 7) is 0. The predicted octanol–water partition coefficient (Wildman–Crippen LogP) is 2.46. The second-order valence-corrected chi connectivity index (χ2v) is 4.52. The summed E-state index contributed by atoms with van der Waals surface area (Å²) in [6, 6.07) is 3.62. The molecule has 0 fully saturated rings. The van der Waals surface area contributed by atoms with Gasteiger partial charge < -0.3 is 4.98 Å². The van der Waals surface area contributed by atoms with Crippen molar-refractivity contribution < 1.29 is 23.2 Å². The molecule has 0 saturated carbocycles. The number of aromatic amines is 1. The van der Waals surface area contributed by atoms with Crippen molar-refractivity contribution in [3.63, 3.8) is 0 Å². The highest BCUT2D eigenvalue weighted by atomic mass is 19.1. The van der Waals surface area contributed by atoms with Crippen molar-refractivity contribution in [3.05, 3.63) is 70.6 Å². The Labute approximate surface area is 117 Å². The van der Waals surface area contributed by atoms with Gasteiger partial charge in [-0.25, -0.2) is 8.78 Å². The fourth-order valence-corrected chi connectivity index (χ4v) is 2.13. The Kier molecular flexibility index (Phi) is 2.86. The van der Waals surface area contributed by atoms with E-state index in [2.05, 4.69) is 4.98 Å². The van der Waals surface area contributed by atoms with E-state index in [0.717, 1.165) is 24.3 Å². The van der Waals surface area contributed by atoms with E-state index < -0.39 is 29.0 Å². The number of allylic oxidation sites excluding steroid dienone is 2. The first-order valence-corrected chi connectivity index (χ1v) is 5.96. The third-order valence-corrected chi connectivity index (χ3v) is 3.08. The first kappa shape index (κ1) is 13.1. The molecule has 0 unspecified atom stereocenters. The van der Waals surface area contributed by atoms with Gasteiger partial charge in [0.1, 0.15) is 11.6 Å². The molecule has 1 N–H and O–H groups in total. The van der Waals surface area contributed by atoms with Gasteiger partial charge in [-0.1, -0.05) is 0 Å². The average Bonchev–Trinajstić information content (AvgIpc) is 2.87. The molecule has 0 bridgehead atoms. The van der Waals surface area contributed by atoms with E-state index in [-0.39, 0.29) is 22.5 Å². The maximum atomic E-state index is 13.1. The number of nitrogens with one attached hydrogen (secondary N) is 1. The lowest BCUT2D eigenvalue weighted by molar-refractivity contribution is 0.0991. The minimum absolute atomic E-state index is 0.00252. The average molecular weight is 287 g/mol. The summed E-state index contributed by atoms with van der Waals surface area (Å²) in [4.78, 5) is 37.9.